The van der Waals surface area contributed by atoms with Crippen LogP contribution in [0.15, 0.2) is 41.3 Å². The van der Waals surface area contributed by atoms with Gasteiger partial charge in [-0.1, -0.05) is 49.2 Å². The molecule has 1 unspecified atom stereocenters. The zero-order chi connectivity index (χ0) is 18.2. The van der Waals surface area contributed by atoms with Crippen molar-refractivity contribution in [2.75, 3.05) is 12.4 Å². The molecule has 0 fully saturated rings. The minimum Gasteiger partial charge on any atom is -0.455 e. The van der Waals surface area contributed by atoms with E-state index in [9.17, 15) is 9.59 Å². The van der Waals surface area contributed by atoms with Crippen molar-refractivity contribution in [1.82, 2.24) is 5.32 Å². The Kier molecular flexibility index (Phi) is 7.59. The molecule has 6 heteroatoms. The summed E-state index contributed by atoms with van der Waals surface area (Å²) in [5, 5.41) is 5.40. The minimum atomic E-state index is -0.424. The number of halogens is 1. The number of nitrogens with one attached hydrogen (secondary N) is 1. The number of benzene rings is 2. The van der Waals surface area contributed by atoms with E-state index in [1.165, 1.54) is 11.8 Å². The van der Waals surface area contributed by atoms with Gasteiger partial charge in [0.1, 0.15) is 0 Å². The number of esters is 1. The molecular formula is C19H22ClNO3S. The highest BCUT2D eigenvalue weighted by molar-refractivity contribution is 8.00. The zero-order valence-corrected chi connectivity index (χ0v) is 16.0. The van der Waals surface area contributed by atoms with Crippen LogP contribution in [0.1, 0.15) is 26.7 Å². The second-order valence-electron chi connectivity index (χ2n) is 5.80. The summed E-state index contributed by atoms with van der Waals surface area (Å²) in [4.78, 5) is 24.5. The summed E-state index contributed by atoms with van der Waals surface area (Å²) in [6, 6.07) is 11.6. The minimum absolute atomic E-state index is 0.0865. The van der Waals surface area contributed by atoms with Crippen LogP contribution in [0.4, 0.5) is 0 Å². The molecule has 1 N–H and O–H groups in total. The van der Waals surface area contributed by atoms with Crippen molar-refractivity contribution >= 4 is 46.0 Å². The molecule has 0 bridgehead atoms. The maximum Gasteiger partial charge on any atom is 0.316 e. The van der Waals surface area contributed by atoms with E-state index in [2.05, 4.69) is 12.2 Å². The highest BCUT2D eigenvalue weighted by atomic mass is 35.5. The zero-order valence-electron chi connectivity index (χ0n) is 14.4. The smallest absolute Gasteiger partial charge is 0.316 e. The molecule has 0 aliphatic heterocycles. The number of amides is 1. The van der Waals surface area contributed by atoms with Gasteiger partial charge in [0, 0.05) is 21.3 Å². The maximum absolute atomic E-state index is 11.9. The number of carbonyl (C=O) groups is 2. The van der Waals surface area contributed by atoms with Crippen LogP contribution in [0.3, 0.4) is 0 Å². The predicted octanol–water partition coefficient (Wildman–Crippen LogP) is 4.43. The van der Waals surface area contributed by atoms with Crippen molar-refractivity contribution in [2.45, 2.75) is 37.6 Å². The third kappa shape index (κ3) is 5.94. The molecule has 1 amide bonds. The van der Waals surface area contributed by atoms with Crippen molar-refractivity contribution in [1.29, 1.82) is 0 Å². The van der Waals surface area contributed by atoms with E-state index in [4.69, 9.17) is 16.3 Å². The number of thioether (sulfide) groups is 1. The fourth-order valence-corrected chi connectivity index (χ4v) is 3.77. The first-order valence-electron chi connectivity index (χ1n) is 8.26. The van der Waals surface area contributed by atoms with E-state index in [0.29, 0.717) is 5.02 Å². The molecule has 1 atom stereocenters. The Morgan fingerprint density at radius 1 is 1.24 bits per heavy atom. The maximum atomic E-state index is 11.9. The molecule has 134 valence electrons. The van der Waals surface area contributed by atoms with Crippen LogP contribution in [0.25, 0.3) is 10.8 Å². The van der Waals surface area contributed by atoms with Gasteiger partial charge >= 0.3 is 5.97 Å². The number of hydrogen-bond donors (Lipinski definition) is 1. The lowest BCUT2D eigenvalue weighted by atomic mass is 10.1. The van der Waals surface area contributed by atoms with E-state index >= 15 is 0 Å². The Balaban J connectivity index is 1.86. The van der Waals surface area contributed by atoms with Crippen molar-refractivity contribution in [3.05, 3.63) is 41.4 Å². The molecular weight excluding hydrogens is 358 g/mol. The van der Waals surface area contributed by atoms with E-state index in [1.807, 2.05) is 43.3 Å². The van der Waals surface area contributed by atoms with Crippen LogP contribution < -0.4 is 5.32 Å². The van der Waals surface area contributed by atoms with E-state index in [1.54, 1.807) is 0 Å². The summed E-state index contributed by atoms with van der Waals surface area (Å²) in [7, 11) is 0. The lowest BCUT2D eigenvalue weighted by Gasteiger charge is -2.12. The number of carbonyl (C=O) groups excluding carboxylic acids is 2. The van der Waals surface area contributed by atoms with Gasteiger partial charge in [0.25, 0.3) is 5.91 Å². The van der Waals surface area contributed by atoms with E-state index in [-0.39, 0.29) is 24.3 Å². The fourth-order valence-electron chi connectivity index (χ4n) is 2.53. The van der Waals surface area contributed by atoms with Gasteiger partial charge in [-0.15, -0.1) is 11.8 Å². The summed E-state index contributed by atoms with van der Waals surface area (Å²) >= 11 is 7.63. The highest BCUT2D eigenvalue weighted by Crippen LogP contribution is 2.33. The molecule has 2 rings (SSSR count). The average molecular weight is 380 g/mol. The lowest BCUT2D eigenvalue weighted by Crippen LogP contribution is -2.35. The summed E-state index contributed by atoms with van der Waals surface area (Å²) in [5.41, 5.74) is 0. The molecule has 2 aromatic carbocycles. The Morgan fingerprint density at radius 2 is 1.96 bits per heavy atom. The Bertz CT molecular complexity index is 745. The summed E-state index contributed by atoms with van der Waals surface area (Å²) in [5.74, 6) is -0.567. The third-order valence-corrected chi connectivity index (χ3v) is 5.00. The summed E-state index contributed by atoms with van der Waals surface area (Å²) in [6.45, 7) is 3.74. The first kappa shape index (κ1) is 19.6. The summed E-state index contributed by atoms with van der Waals surface area (Å²) in [6.07, 6.45) is 1.89. The van der Waals surface area contributed by atoms with Crippen LogP contribution in [-0.2, 0) is 14.3 Å². The SMILES string of the molecule is CCCC(C)NC(=O)COC(=O)CSc1cccc2cccc(Cl)c12. The second kappa shape index (κ2) is 9.68. The number of rotatable bonds is 8. The van der Waals surface area contributed by atoms with Gasteiger partial charge in [0.2, 0.25) is 0 Å². The van der Waals surface area contributed by atoms with Gasteiger partial charge in [-0.25, -0.2) is 0 Å². The van der Waals surface area contributed by atoms with Crippen LogP contribution >= 0.6 is 23.4 Å². The molecule has 0 saturated heterocycles. The quantitative estimate of drug-likeness (QED) is 0.544. The first-order chi connectivity index (χ1) is 12.0. The van der Waals surface area contributed by atoms with Crippen LogP contribution in [0.2, 0.25) is 5.02 Å². The molecule has 25 heavy (non-hydrogen) atoms. The van der Waals surface area contributed by atoms with Gasteiger partial charge in [0.05, 0.1) is 5.75 Å². The van der Waals surface area contributed by atoms with Gasteiger partial charge in [-0.05, 0) is 30.9 Å². The monoisotopic (exact) mass is 379 g/mol. The molecule has 2 aromatic rings. The van der Waals surface area contributed by atoms with Crippen LogP contribution in [0.5, 0.6) is 0 Å². The van der Waals surface area contributed by atoms with Crippen molar-refractivity contribution in [2.24, 2.45) is 0 Å². The Labute approximate surface area is 157 Å². The van der Waals surface area contributed by atoms with Gasteiger partial charge < -0.3 is 10.1 Å². The molecule has 0 aromatic heterocycles. The first-order valence-corrected chi connectivity index (χ1v) is 9.62. The highest BCUT2D eigenvalue weighted by Gasteiger charge is 2.12. The van der Waals surface area contributed by atoms with Crippen molar-refractivity contribution in [3.63, 3.8) is 0 Å². The average Bonchev–Trinajstić information content (AvgIpc) is 2.58. The topological polar surface area (TPSA) is 55.4 Å². The van der Waals surface area contributed by atoms with E-state index < -0.39 is 5.97 Å². The standard InChI is InChI=1S/C19H22ClNO3S/c1-3-6-13(2)21-17(22)11-24-18(23)12-25-16-10-5-8-14-7-4-9-15(20)19(14)16/h4-5,7-10,13H,3,6,11-12H2,1-2H3,(H,21,22). The molecule has 0 spiro atoms. The number of ether oxygens (including phenoxy) is 1. The molecule has 0 aliphatic rings. The van der Waals surface area contributed by atoms with Crippen LogP contribution in [-0.4, -0.2) is 30.3 Å². The van der Waals surface area contributed by atoms with Gasteiger partial charge in [-0.2, -0.15) is 0 Å². The van der Waals surface area contributed by atoms with Crippen molar-refractivity contribution < 1.29 is 14.3 Å². The largest absolute Gasteiger partial charge is 0.455 e. The normalized spacial score (nSPS) is 12.0. The molecule has 0 radical (unpaired) electrons. The third-order valence-electron chi connectivity index (χ3n) is 3.65. The Hall–Kier alpha value is -1.72. The molecule has 0 saturated carbocycles. The fraction of sp³-hybridized carbons (Fsp3) is 0.368. The van der Waals surface area contributed by atoms with Crippen LogP contribution in [0, 0.1) is 0 Å². The summed E-state index contributed by atoms with van der Waals surface area (Å²) < 4.78 is 5.04. The predicted molar refractivity (Wildman–Crippen MR) is 103 cm³/mol. The molecule has 4 nitrogen and oxygen atoms in total. The van der Waals surface area contributed by atoms with Crippen molar-refractivity contribution in [3.8, 4) is 0 Å². The number of fused-ring (bicyclic) bond motifs is 1. The number of hydrogen-bond acceptors (Lipinski definition) is 4. The Morgan fingerprint density at radius 3 is 2.68 bits per heavy atom. The molecule has 0 heterocycles. The molecule has 0 aliphatic carbocycles. The van der Waals surface area contributed by atoms with Gasteiger partial charge in [-0.3, -0.25) is 9.59 Å². The second-order valence-corrected chi connectivity index (χ2v) is 7.23. The van der Waals surface area contributed by atoms with Gasteiger partial charge in [0.15, 0.2) is 6.61 Å². The lowest BCUT2D eigenvalue weighted by molar-refractivity contribution is -0.146. The van der Waals surface area contributed by atoms with E-state index in [0.717, 1.165) is 28.5 Å².